The van der Waals surface area contributed by atoms with Crippen LogP contribution in [0.4, 0.5) is 5.69 Å². The molecular weight excluding hydrogens is 282 g/mol. The first-order chi connectivity index (χ1) is 10.1. The lowest BCUT2D eigenvalue weighted by molar-refractivity contribution is 0.366. The number of benzene rings is 1. The Morgan fingerprint density at radius 2 is 2.24 bits per heavy atom. The molecule has 0 saturated carbocycles. The number of hydrogen-bond acceptors (Lipinski definition) is 3. The molecule has 3 nitrogen and oxygen atoms in total. The van der Waals surface area contributed by atoms with E-state index in [1.54, 1.807) is 0 Å². The summed E-state index contributed by atoms with van der Waals surface area (Å²) < 4.78 is 0. The van der Waals surface area contributed by atoms with Crippen molar-refractivity contribution < 1.29 is 0 Å². The fourth-order valence-corrected chi connectivity index (χ4v) is 3.25. The van der Waals surface area contributed by atoms with E-state index in [-0.39, 0.29) is 5.54 Å². The average Bonchev–Trinajstić information content (AvgIpc) is 2.71. The number of halogens is 1. The Hall–Kier alpha value is -1.32. The maximum atomic E-state index is 6.31. The lowest BCUT2D eigenvalue weighted by Crippen LogP contribution is -2.48. The van der Waals surface area contributed by atoms with Crippen LogP contribution in [0.3, 0.4) is 0 Å². The van der Waals surface area contributed by atoms with Gasteiger partial charge in [0, 0.05) is 30.2 Å². The largest absolute Gasteiger partial charge is 0.368 e. The van der Waals surface area contributed by atoms with Crippen molar-refractivity contribution in [3.8, 4) is 0 Å². The van der Waals surface area contributed by atoms with Crippen molar-refractivity contribution in [2.45, 2.75) is 32.2 Å². The summed E-state index contributed by atoms with van der Waals surface area (Å²) in [5, 5.41) is 5.48. The minimum absolute atomic E-state index is 0.150. The maximum absolute atomic E-state index is 6.31. The zero-order chi connectivity index (χ0) is 14.9. The van der Waals surface area contributed by atoms with Crippen molar-refractivity contribution in [1.29, 1.82) is 0 Å². The molecule has 1 aliphatic heterocycles. The Kier molecular flexibility index (Phi) is 4.05. The number of nitrogens with one attached hydrogen (secondary N) is 1. The first kappa shape index (κ1) is 14.6. The Labute approximate surface area is 131 Å². The van der Waals surface area contributed by atoms with Crippen LogP contribution in [-0.4, -0.2) is 30.2 Å². The SMILES string of the molecule is CCC1(C)CN(c2ccc(Cl)c3cccnc23)CCCN1. The van der Waals surface area contributed by atoms with Gasteiger partial charge in [-0.15, -0.1) is 0 Å². The van der Waals surface area contributed by atoms with E-state index in [1.165, 1.54) is 5.69 Å². The van der Waals surface area contributed by atoms with Crippen LogP contribution < -0.4 is 10.2 Å². The molecule has 1 unspecified atom stereocenters. The van der Waals surface area contributed by atoms with Gasteiger partial charge in [0.25, 0.3) is 0 Å². The fraction of sp³-hybridized carbons (Fsp3) is 0.471. The van der Waals surface area contributed by atoms with Crippen molar-refractivity contribution >= 4 is 28.2 Å². The van der Waals surface area contributed by atoms with Gasteiger partial charge in [-0.3, -0.25) is 4.98 Å². The average molecular weight is 304 g/mol. The normalized spacial score (nSPS) is 23.3. The molecule has 1 saturated heterocycles. The third-order valence-corrected chi connectivity index (χ3v) is 4.84. The Morgan fingerprint density at radius 3 is 3.05 bits per heavy atom. The van der Waals surface area contributed by atoms with Crippen LogP contribution in [0.5, 0.6) is 0 Å². The van der Waals surface area contributed by atoms with Crippen LogP contribution in [0.25, 0.3) is 10.9 Å². The minimum Gasteiger partial charge on any atom is -0.368 e. The van der Waals surface area contributed by atoms with E-state index in [0.29, 0.717) is 0 Å². The van der Waals surface area contributed by atoms with Crippen LogP contribution in [-0.2, 0) is 0 Å². The predicted molar refractivity (Wildman–Crippen MR) is 90.3 cm³/mol. The smallest absolute Gasteiger partial charge is 0.0950 e. The summed E-state index contributed by atoms with van der Waals surface area (Å²) >= 11 is 6.31. The monoisotopic (exact) mass is 303 g/mol. The highest BCUT2D eigenvalue weighted by atomic mass is 35.5. The summed E-state index contributed by atoms with van der Waals surface area (Å²) in [5.74, 6) is 0. The highest BCUT2D eigenvalue weighted by Gasteiger charge is 2.28. The second-order valence-corrected chi connectivity index (χ2v) is 6.49. The van der Waals surface area contributed by atoms with Gasteiger partial charge < -0.3 is 10.2 Å². The van der Waals surface area contributed by atoms with E-state index < -0.39 is 0 Å². The van der Waals surface area contributed by atoms with Gasteiger partial charge in [0.2, 0.25) is 0 Å². The predicted octanol–water partition coefficient (Wildman–Crippen LogP) is 3.86. The number of nitrogens with zero attached hydrogens (tertiary/aromatic N) is 2. The molecule has 112 valence electrons. The Bertz CT molecular complexity index is 643. The Morgan fingerprint density at radius 1 is 1.38 bits per heavy atom. The number of anilines is 1. The molecule has 1 aliphatic rings. The molecule has 1 atom stereocenters. The molecule has 1 N–H and O–H groups in total. The van der Waals surface area contributed by atoms with Crippen molar-refractivity contribution in [3.63, 3.8) is 0 Å². The van der Waals surface area contributed by atoms with Gasteiger partial charge in [0.15, 0.2) is 0 Å². The van der Waals surface area contributed by atoms with E-state index >= 15 is 0 Å². The summed E-state index contributed by atoms with van der Waals surface area (Å²) in [6, 6.07) is 8.09. The van der Waals surface area contributed by atoms with E-state index in [0.717, 1.165) is 48.4 Å². The van der Waals surface area contributed by atoms with Crippen LogP contribution in [0, 0.1) is 0 Å². The molecule has 1 fully saturated rings. The summed E-state index contributed by atoms with van der Waals surface area (Å²) in [4.78, 5) is 7.03. The first-order valence-electron chi connectivity index (χ1n) is 7.66. The molecule has 4 heteroatoms. The molecule has 2 heterocycles. The van der Waals surface area contributed by atoms with Crippen LogP contribution in [0.2, 0.25) is 5.02 Å². The highest BCUT2D eigenvalue weighted by molar-refractivity contribution is 6.35. The van der Waals surface area contributed by atoms with E-state index in [9.17, 15) is 0 Å². The second kappa shape index (κ2) is 5.82. The molecule has 2 aromatic rings. The third kappa shape index (κ3) is 2.85. The number of aromatic nitrogens is 1. The van der Waals surface area contributed by atoms with Crippen molar-refractivity contribution in [3.05, 3.63) is 35.5 Å². The minimum atomic E-state index is 0.150. The standard InChI is InChI=1S/C17H22ClN3/c1-3-17(2)12-21(11-5-10-20-17)15-8-7-14(18)13-6-4-9-19-16(13)15/h4,6-9,20H,3,5,10-12H2,1-2H3. The molecule has 3 rings (SSSR count). The van der Waals surface area contributed by atoms with Gasteiger partial charge in [-0.25, -0.2) is 0 Å². The van der Waals surface area contributed by atoms with Crippen LogP contribution in [0.1, 0.15) is 26.7 Å². The topological polar surface area (TPSA) is 28.2 Å². The fourth-order valence-electron chi connectivity index (χ4n) is 3.04. The lowest BCUT2D eigenvalue weighted by atomic mass is 9.98. The van der Waals surface area contributed by atoms with Crippen molar-refractivity contribution in [2.24, 2.45) is 0 Å². The van der Waals surface area contributed by atoms with Gasteiger partial charge in [-0.05, 0) is 50.6 Å². The quantitative estimate of drug-likeness (QED) is 0.913. The van der Waals surface area contributed by atoms with E-state index in [4.69, 9.17) is 11.6 Å². The molecule has 1 aromatic heterocycles. The van der Waals surface area contributed by atoms with E-state index in [2.05, 4.69) is 35.1 Å². The zero-order valence-corrected chi connectivity index (χ0v) is 13.5. The van der Waals surface area contributed by atoms with Crippen LogP contribution in [0.15, 0.2) is 30.5 Å². The maximum Gasteiger partial charge on any atom is 0.0950 e. The van der Waals surface area contributed by atoms with Gasteiger partial charge in [0.05, 0.1) is 16.2 Å². The van der Waals surface area contributed by atoms with E-state index in [1.807, 2.05) is 24.4 Å². The Balaban J connectivity index is 2.05. The van der Waals surface area contributed by atoms with Gasteiger partial charge in [0.1, 0.15) is 0 Å². The number of rotatable bonds is 2. The molecule has 1 aromatic carbocycles. The highest BCUT2D eigenvalue weighted by Crippen LogP contribution is 2.32. The molecular formula is C17H22ClN3. The first-order valence-corrected chi connectivity index (χ1v) is 8.04. The summed E-state index contributed by atoms with van der Waals surface area (Å²) in [7, 11) is 0. The summed E-state index contributed by atoms with van der Waals surface area (Å²) in [6.07, 6.45) is 4.10. The number of fused-ring (bicyclic) bond motifs is 1. The van der Waals surface area contributed by atoms with Gasteiger partial charge in [-0.2, -0.15) is 0 Å². The zero-order valence-electron chi connectivity index (χ0n) is 12.7. The van der Waals surface area contributed by atoms with Crippen molar-refractivity contribution in [2.75, 3.05) is 24.5 Å². The lowest BCUT2D eigenvalue weighted by Gasteiger charge is -2.34. The summed E-state index contributed by atoms with van der Waals surface area (Å²) in [6.45, 7) is 7.66. The van der Waals surface area contributed by atoms with Crippen molar-refractivity contribution in [1.82, 2.24) is 10.3 Å². The van der Waals surface area contributed by atoms with Gasteiger partial charge in [-0.1, -0.05) is 18.5 Å². The number of pyridine rings is 1. The van der Waals surface area contributed by atoms with Gasteiger partial charge >= 0.3 is 0 Å². The molecule has 21 heavy (non-hydrogen) atoms. The second-order valence-electron chi connectivity index (χ2n) is 6.08. The number of hydrogen-bond donors (Lipinski definition) is 1. The summed E-state index contributed by atoms with van der Waals surface area (Å²) in [5.41, 5.74) is 2.35. The molecule has 0 amide bonds. The molecule has 0 radical (unpaired) electrons. The molecule has 0 spiro atoms. The molecule has 0 aliphatic carbocycles. The third-order valence-electron chi connectivity index (χ3n) is 4.51. The molecule has 0 bridgehead atoms. The van der Waals surface area contributed by atoms with Crippen LogP contribution >= 0.6 is 11.6 Å².